The van der Waals surface area contributed by atoms with Crippen LogP contribution in [0.2, 0.25) is 0 Å². The summed E-state index contributed by atoms with van der Waals surface area (Å²) in [6, 6.07) is 4.98. The van der Waals surface area contributed by atoms with Crippen molar-refractivity contribution in [3.8, 4) is 5.75 Å². The highest BCUT2D eigenvalue weighted by atomic mass is 16.5. The first kappa shape index (κ1) is 13.3. The number of nitrogen functional groups attached to an aromatic ring is 1. The molecule has 0 aliphatic rings. The van der Waals surface area contributed by atoms with Gasteiger partial charge >= 0.3 is 0 Å². The Labute approximate surface area is 99.9 Å². The molecule has 1 amide bonds. The molecule has 0 heterocycles. The molecule has 0 aliphatic heterocycles. The number of hydrogen-bond acceptors (Lipinski definition) is 5. The Hall–Kier alpha value is -1.79. The molecule has 0 spiro atoms. The standard InChI is InChI=1S/C11H17N3O3/c1-14(5-6-15)11(16)9-7-8(13-12)3-4-10(9)17-2/h3-4,7,13,15H,5-6,12H2,1-2H3. The number of carbonyl (C=O) groups is 1. The third-order valence-corrected chi connectivity index (χ3v) is 2.38. The maximum atomic E-state index is 12.0. The Kier molecular flexibility index (Phi) is 4.74. The van der Waals surface area contributed by atoms with Gasteiger partial charge in [-0.15, -0.1) is 0 Å². The molecule has 0 unspecified atom stereocenters. The van der Waals surface area contributed by atoms with Crippen LogP contribution < -0.4 is 16.0 Å². The molecule has 0 saturated heterocycles. The van der Waals surface area contributed by atoms with E-state index in [-0.39, 0.29) is 19.1 Å². The van der Waals surface area contributed by atoms with Crippen molar-refractivity contribution in [1.82, 2.24) is 4.90 Å². The van der Waals surface area contributed by atoms with Crippen molar-refractivity contribution in [3.63, 3.8) is 0 Å². The summed E-state index contributed by atoms with van der Waals surface area (Å²) in [4.78, 5) is 13.5. The molecule has 0 bridgehead atoms. The van der Waals surface area contributed by atoms with Crippen molar-refractivity contribution in [2.24, 2.45) is 5.84 Å². The van der Waals surface area contributed by atoms with E-state index in [1.165, 1.54) is 12.0 Å². The summed E-state index contributed by atoms with van der Waals surface area (Å²) >= 11 is 0. The lowest BCUT2D eigenvalue weighted by Gasteiger charge is -2.18. The number of nitrogens with zero attached hydrogens (tertiary/aromatic N) is 1. The van der Waals surface area contributed by atoms with Gasteiger partial charge in [0.25, 0.3) is 5.91 Å². The molecule has 17 heavy (non-hydrogen) atoms. The van der Waals surface area contributed by atoms with Crippen LogP contribution in [0.4, 0.5) is 5.69 Å². The number of benzene rings is 1. The second kappa shape index (κ2) is 6.07. The number of ether oxygens (including phenoxy) is 1. The minimum Gasteiger partial charge on any atom is -0.496 e. The van der Waals surface area contributed by atoms with Gasteiger partial charge in [0.2, 0.25) is 0 Å². The number of anilines is 1. The van der Waals surface area contributed by atoms with Crippen molar-refractivity contribution in [2.75, 3.05) is 32.7 Å². The highest BCUT2D eigenvalue weighted by molar-refractivity contribution is 5.97. The lowest BCUT2D eigenvalue weighted by atomic mass is 10.1. The molecule has 1 aromatic rings. The van der Waals surface area contributed by atoms with E-state index in [9.17, 15) is 4.79 Å². The van der Waals surface area contributed by atoms with Gasteiger partial charge in [0.1, 0.15) is 5.75 Å². The highest BCUT2D eigenvalue weighted by Crippen LogP contribution is 2.23. The number of methoxy groups -OCH3 is 1. The van der Waals surface area contributed by atoms with Crippen LogP contribution >= 0.6 is 0 Å². The first-order chi connectivity index (χ1) is 8.13. The van der Waals surface area contributed by atoms with Crippen molar-refractivity contribution >= 4 is 11.6 Å². The topological polar surface area (TPSA) is 87.8 Å². The molecule has 0 fully saturated rings. The number of nitrogens with one attached hydrogen (secondary N) is 1. The number of amides is 1. The maximum Gasteiger partial charge on any atom is 0.257 e. The van der Waals surface area contributed by atoms with Gasteiger partial charge in [0, 0.05) is 19.3 Å². The van der Waals surface area contributed by atoms with Crippen LogP contribution in [0.25, 0.3) is 0 Å². The van der Waals surface area contributed by atoms with Gasteiger partial charge in [-0.1, -0.05) is 0 Å². The van der Waals surface area contributed by atoms with Gasteiger partial charge in [0.15, 0.2) is 0 Å². The van der Waals surface area contributed by atoms with Gasteiger partial charge in [-0.05, 0) is 18.2 Å². The molecule has 4 N–H and O–H groups in total. The summed E-state index contributed by atoms with van der Waals surface area (Å²) in [5, 5.41) is 8.80. The van der Waals surface area contributed by atoms with Gasteiger partial charge in [-0.3, -0.25) is 10.6 Å². The van der Waals surface area contributed by atoms with Crippen molar-refractivity contribution in [1.29, 1.82) is 0 Å². The van der Waals surface area contributed by atoms with Crippen molar-refractivity contribution < 1.29 is 14.6 Å². The van der Waals surface area contributed by atoms with E-state index in [1.54, 1.807) is 25.2 Å². The fourth-order valence-corrected chi connectivity index (χ4v) is 1.42. The zero-order valence-electron chi connectivity index (χ0n) is 9.93. The average molecular weight is 239 g/mol. The van der Waals surface area contributed by atoms with Crippen LogP contribution in [-0.4, -0.2) is 43.2 Å². The van der Waals surface area contributed by atoms with E-state index >= 15 is 0 Å². The van der Waals surface area contributed by atoms with E-state index in [4.69, 9.17) is 15.7 Å². The molecule has 0 saturated carbocycles. The number of nitrogens with two attached hydrogens (primary N) is 1. The Balaban J connectivity index is 3.05. The maximum absolute atomic E-state index is 12.0. The van der Waals surface area contributed by atoms with Gasteiger partial charge in [-0.25, -0.2) is 0 Å². The number of hydrogen-bond donors (Lipinski definition) is 3. The molecular formula is C11H17N3O3. The second-order valence-electron chi connectivity index (χ2n) is 3.51. The van der Waals surface area contributed by atoms with Gasteiger partial charge in [0.05, 0.1) is 19.3 Å². The van der Waals surface area contributed by atoms with E-state index in [2.05, 4.69) is 5.43 Å². The van der Waals surface area contributed by atoms with E-state index < -0.39 is 0 Å². The van der Waals surface area contributed by atoms with Crippen LogP contribution in [0.1, 0.15) is 10.4 Å². The molecule has 0 radical (unpaired) electrons. The summed E-state index contributed by atoms with van der Waals surface area (Å²) in [5.41, 5.74) is 3.49. The quantitative estimate of drug-likeness (QED) is 0.499. The van der Waals surface area contributed by atoms with Crippen LogP contribution in [0, 0.1) is 0 Å². The zero-order valence-corrected chi connectivity index (χ0v) is 9.93. The summed E-state index contributed by atoms with van der Waals surface area (Å²) in [5.74, 6) is 5.53. The molecular weight excluding hydrogens is 222 g/mol. The fraction of sp³-hybridized carbons (Fsp3) is 0.364. The third-order valence-electron chi connectivity index (χ3n) is 2.38. The van der Waals surface area contributed by atoms with Crippen LogP contribution in [-0.2, 0) is 0 Å². The largest absolute Gasteiger partial charge is 0.496 e. The predicted octanol–water partition coefficient (Wildman–Crippen LogP) is 0.0451. The second-order valence-corrected chi connectivity index (χ2v) is 3.51. The minimum atomic E-state index is -0.229. The van der Waals surface area contributed by atoms with Crippen molar-refractivity contribution in [3.05, 3.63) is 23.8 Å². The summed E-state index contributed by atoms with van der Waals surface area (Å²) < 4.78 is 5.12. The normalized spacial score (nSPS) is 9.88. The molecule has 0 aromatic heterocycles. The summed E-state index contributed by atoms with van der Waals surface area (Å²) in [6.07, 6.45) is 0. The van der Waals surface area contributed by atoms with E-state index in [1.807, 2.05) is 0 Å². The average Bonchev–Trinajstić information content (AvgIpc) is 2.37. The molecule has 1 aromatic carbocycles. The van der Waals surface area contributed by atoms with E-state index in [0.29, 0.717) is 17.0 Å². The molecule has 0 atom stereocenters. The van der Waals surface area contributed by atoms with Gasteiger partial charge < -0.3 is 20.2 Å². The minimum absolute atomic E-state index is 0.0839. The highest BCUT2D eigenvalue weighted by Gasteiger charge is 2.16. The molecule has 6 heteroatoms. The molecule has 94 valence electrons. The SMILES string of the molecule is COc1ccc(NN)cc1C(=O)N(C)CCO. The van der Waals surface area contributed by atoms with Gasteiger partial charge in [-0.2, -0.15) is 0 Å². The zero-order chi connectivity index (χ0) is 12.8. The first-order valence-corrected chi connectivity index (χ1v) is 5.15. The Morgan fingerprint density at radius 3 is 2.82 bits per heavy atom. The monoisotopic (exact) mass is 239 g/mol. The Bertz CT molecular complexity index is 396. The summed E-state index contributed by atoms with van der Waals surface area (Å²) in [7, 11) is 3.11. The van der Waals surface area contributed by atoms with Crippen molar-refractivity contribution in [2.45, 2.75) is 0 Å². The van der Waals surface area contributed by atoms with Crippen LogP contribution in [0.5, 0.6) is 5.75 Å². The number of aliphatic hydroxyl groups is 1. The fourth-order valence-electron chi connectivity index (χ4n) is 1.42. The number of likely N-dealkylation sites (N-methyl/N-ethyl adjacent to an activating group) is 1. The van der Waals surface area contributed by atoms with Crippen LogP contribution in [0.15, 0.2) is 18.2 Å². The first-order valence-electron chi connectivity index (χ1n) is 5.15. The number of aliphatic hydroxyl groups excluding tert-OH is 1. The predicted molar refractivity (Wildman–Crippen MR) is 64.9 cm³/mol. The molecule has 1 rings (SSSR count). The smallest absolute Gasteiger partial charge is 0.257 e. The lowest BCUT2D eigenvalue weighted by Crippen LogP contribution is -2.29. The lowest BCUT2D eigenvalue weighted by molar-refractivity contribution is 0.0763. The Morgan fingerprint density at radius 1 is 1.59 bits per heavy atom. The van der Waals surface area contributed by atoms with E-state index in [0.717, 1.165) is 0 Å². The third kappa shape index (κ3) is 3.08. The molecule has 6 nitrogen and oxygen atoms in total. The number of hydrazine groups is 1. The molecule has 0 aliphatic carbocycles. The van der Waals surface area contributed by atoms with Crippen LogP contribution in [0.3, 0.4) is 0 Å². The number of carbonyl (C=O) groups excluding carboxylic acids is 1. The summed E-state index contributed by atoms with van der Waals surface area (Å²) in [6.45, 7) is 0.182. The number of rotatable bonds is 5. The Morgan fingerprint density at radius 2 is 2.29 bits per heavy atom.